The van der Waals surface area contributed by atoms with Gasteiger partial charge in [-0.15, -0.1) is 13.2 Å². The molecule has 2 atom stereocenters. The van der Waals surface area contributed by atoms with Crippen molar-refractivity contribution in [1.29, 1.82) is 0 Å². The number of alkyl carbamates (subject to hydrolysis) is 1. The van der Waals surface area contributed by atoms with Crippen LogP contribution in [-0.4, -0.2) is 43.1 Å². The number of alkyl halides is 3. The second-order valence-corrected chi connectivity index (χ2v) is 10.5. The maximum atomic E-state index is 13.0. The largest absolute Gasteiger partial charge is 0.573 e. The van der Waals surface area contributed by atoms with Gasteiger partial charge < -0.3 is 14.8 Å². The van der Waals surface area contributed by atoms with Gasteiger partial charge in [0.1, 0.15) is 11.9 Å². The van der Waals surface area contributed by atoms with E-state index >= 15 is 0 Å². The maximum Gasteiger partial charge on any atom is 0.573 e. The molecule has 0 radical (unpaired) electrons. The van der Waals surface area contributed by atoms with E-state index in [1.165, 1.54) is 17.7 Å². The van der Waals surface area contributed by atoms with Crippen LogP contribution in [0, 0.1) is 11.3 Å². The van der Waals surface area contributed by atoms with Crippen molar-refractivity contribution >= 4 is 6.09 Å². The lowest BCUT2D eigenvalue weighted by Gasteiger charge is -2.44. The maximum absolute atomic E-state index is 13.0. The molecule has 5 aliphatic rings. The van der Waals surface area contributed by atoms with Crippen molar-refractivity contribution in [2.24, 2.45) is 11.3 Å². The minimum atomic E-state index is -4.71. The lowest BCUT2D eigenvalue weighted by molar-refractivity contribution is -0.274. The number of amides is 1. The van der Waals surface area contributed by atoms with Crippen LogP contribution < -0.4 is 10.1 Å². The number of rotatable bonds is 4. The molecule has 2 aromatic carbocycles. The Morgan fingerprint density at radius 2 is 1.71 bits per heavy atom. The zero-order valence-corrected chi connectivity index (χ0v) is 19.4. The van der Waals surface area contributed by atoms with Crippen molar-refractivity contribution in [3.63, 3.8) is 0 Å². The number of ether oxygens (including phenoxy) is 2. The fourth-order valence-electron chi connectivity index (χ4n) is 6.24. The monoisotopic (exact) mass is 486 g/mol. The Morgan fingerprint density at radius 3 is 2.34 bits per heavy atom. The van der Waals surface area contributed by atoms with Crippen LogP contribution in [-0.2, 0) is 11.2 Å². The van der Waals surface area contributed by atoms with E-state index in [0.717, 1.165) is 74.8 Å². The van der Waals surface area contributed by atoms with E-state index < -0.39 is 6.36 Å². The molecular formula is C27H29F3N2O3. The number of benzene rings is 2. The summed E-state index contributed by atoms with van der Waals surface area (Å²) in [7, 11) is 0. The van der Waals surface area contributed by atoms with Gasteiger partial charge in [0.25, 0.3) is 0 Å². The van der Waals surface area contributed by atoms with Gasteiger partial charge in [-0.3, -0.25) is 4.90 Å². The summed E-state index contributed by atoms with van der Waals surface area (Å²) in [6.07, 6.45) is 1.22. The van der Waals surface area contributed by atoms with E-state index in [9.17, 15) is 18.0 Å². The van der Waals surface area contributed by atoms with E-state index in [4.69, 9.17) is 4.74 Å². The van der Waals surface area contributed by atoms with Gasteiger partial charge in [-0.1, -0.05) is 24.3 Å². The number of aryl methyl sites for hydroxylation is 1. The molecule has 186 valence electrons. The molecular weight excluding hydrogens is 457 g/mol. The highest BCUT2D eigenvalue weighted by Crippen LogP contribution is 2.61. The molecule has 35 heavy (non-hydrogen) atoms. The van der Waals surface area contributed by atoms with E-state index in [2.05, 4.69) is 27.1 Å². The summed E-state index contributed by atoms with van der Waals surface area (Å²) in [5.74, 6) is 0.210. The van der Waals surface area contributed by atoms with Crippen LogP contribution in [0.2, 0.25) is 0 Å². The molecule has 1 spiro atoms. The van der Waals surface area contributed by atoms with Gasteiger partial charge in [0, 0.05) is 6.54 Å². The summed E-state index contributed by atoms with van der Waals surface area (Å²) in [5.41, 5.74) is 4.07. The highest BCUT2D eigenvalue weighted by Gasteiger charge is 2.53. The molecule has 1 unspecified atom stereocenters. The van der Waals surface area contributed by atoms with E-state index in [-0.39, 0.29) is 29.4 Å². The normalized spacial score (nSPS) is 28.3. The van der Waals surface area contributed by atoms with Crippen LogP contribution in [0.1, 0.15) is 49.3 Å². The summed E-state index contributed by atoms with van der Waals surface area (Å²) in [5, 5.41) is 3.22. The molecule has 4 fully saturated rings. The number of hydrogen-bond acceptors (Lipinski definition) is 4. The number of nitrogens with zero attached hydrogens (tertiary/aromatic N) is 1. The van der Waals surface area contributed by atoms with E-state index in [1.807, 2.05) is 6.07 Å². The quantitative estimate of drug-likeness (QED) is 0.590. The molecule has 3 saturated heterocycles. The van der Waals surface area contributed by atoms with Gasteiger partial charge in [-0.25, -0.2) is 4.79 Å². The van der Waals surface area contributed by atoms with E-state index in [0.29, 0.717) is 5.92 Å². The third-order valence-electron chi connectivity index (χ3n) is 8.39. The van der Waals surface area contributed by atoms with Gasteiger partial charge in [0.2, 0.25) is 0 Å². The van der Waals surface area contributed by atoms with Gasteiger partial charge in [0.05, 0.1) is 6.04 Å². The van der Waals surface area contributed by atoms with Crippen LogP contribution in [0.25, 0.3) is 11.1 Å². The molecule has 3 aliphatic heterocycles. The predicted octanol–water partition coefficient (Wildman–Crippen LogP) is 5.84. The molecule has 2 bridgehead atoms. The summed E-state index contributed by atoms with van der Waals surface area (Å²) in [6.45, 7) is 3.01. The summed E-state index contributed by atoms with van der Waals surface area (Å²) >= 11 is 0. The average molecular weight is 487 g/mol. The number of piperidine rings is 3. The molecule has 2 aromatic rings. The minimum absolute atomic E-state index is 0.0421. The Kier molecular flexibility index (Phi) is 5.47. The van der Waals surface area contributed by atoms with Gasteiger partial charge in [-0.2, -0.15) is 0 Å². The molecule has 1 amide bonds. The smallest absolute Gasteiger partial charge is 0.445 e. The Labute approximate surface area is 202 Å². The van der Waals surface area contributed by atoms with Gasteiger partial charge in [0.15, 0.2) is 0 Å². The highest BCUT2D eigenvalue weighted by atomic mass is 19.4. The molecule has 8 heteroatoms. The van der Waals surface area contributed by atoms with Crippen LogP contribution in [0.4, 0.5) is 18.0 Å². The van der Waals surface area contributed by atoms with Crippen molar-refractivity contribution in [2.45, 2.75) is 57.0 Å². The molecule has 1 saturated carbocycles. The lowest BCUT2D eigenvalue weighted by atomic mass is 9.76. The molecule has 7 rings (SSSR count). The SMILES string of the molecule is O=C(NC1c2cc(-c3ccc(OC(F)(F)F)cc3)ccc2CCC12CC2)O[C@@H]1CN2CCC1CC2. The Balaban J connectivity index is 1.22. The van der Waals surface area contributed by atoms with Crippen molar-refractivity contribution < 1.29 is 27.4 Å². The lowest BCUT2D eigenvalue weighted by Crippen LogP contribution is -2.53. The first-order valence-electron chi connectivity index (χ1n) is 12.5. The predicted molar refractivity (Wildman–Crippen MR) is 124 cm³/mol. The first kappa shape index (κ1) is 22.7. The van der Waals surface area contributed by atoms with Crippen LogP contribution in [0.3, 0.4) is 0 Å². The molecule has 1 N–H and O–H groups in total. The van der Waals surface area contributed by atoms with Crippen molar-refractivity contribution in [2.75, 3.05) is 19.6 Å². The summed E-state index contributed by atoms with van der Waals surface area (Å²) in [6, 6.07) is 11.9. The zero-order chi connectivity index (χ0) is 24.2. The van der Waals surface area contributed by atoms with Gasteiger partial charge >= 0.3 is 12.5 Å². The Morgan fingerprint density at radius 1 is 1.00 bits per heavy atom. The standard InChI is InChI=1S/C27H29F3N2O3/c28-27(29,30)35-21-5-3-17(4-6-21)20-2-1-18-7-10-26(11-12-26)24(22(18)15-20)31-25(33)34-23-16-32-13-8-19(23)9-14-32/h1-6,15,19,23-24H,7-14,16H2,(H,31,33)/t23-,24?/m1/s1. The summed E-state index contributed by atoms with van der Waals surface area (Å²) < 4.78 is 47.4. The topological polar surface area (TPSA) is 50.8 Å². The van der Waals surface area contributed by atoms with Crippen molar-refractivity contribution in [3.05, 3.63) is 53.6 Å². The Hall–Kier alpha value is -2.74. The number of halogens is 3. The molecule has 0 aromatic heterocycles. The van der Waals surface area contributed by atoms with Crippen LogP contribution in [0.15, 0.2) is 42.5 Å². The van der Waals surface area contributed by atoms with Crippen molar-refractivity contribution in [3.8, 4) is 16.9 Å². The first-order valence-corrected chi connectivity index (χ1v) is 12.5. The van der Waals surface area contributed by atoms with Crippen molar-refractivity contribution in [1.82, 2.24) is 10.2 Å². The fourth-order valence-corrected chi connectivity index (χ4v) is 6.24. The second kappa shape index (κ2) is 8.43. The highest BCUT2D eigenvalue weighted by molar-refractivity contribution is 5.70. The number of carbonyl (C=O) groups is 1. The molecule has 2 aliphatic carbocycles. The van der Waals surface area contributed by atoms with Crippen LogP contribution in [0.5, 0.6) is 5.75 Å². The third-order valence-corrected chi connectivity index (χ3v) is 8.39. The number of hydrogen-bond donors (Lipinski definition) is 1. The molecule has 3 heterocycles. The van der Waals surface area contributed by atoms with E-state index in [1.54, 1.807) is 12.1 Å². The summed E-state index contributed by atoms with van der Waals surface area (Å²) in [4.78, 5) is 15.4. The first-order chi connectivity index (χ1) is 16.8. The second-order valence-electron chi connectivity index (χ2n) is 10.5. The molecule has 5 nitrogen and oxygen atoms in total. The van der Waals surface area contributed by atoms with Crippen LogP contribution >= 0.6 is 0 Å². The fraction of sp³-hybridized carbons (Fsp3) is 0.519. The number of nitrogens with one attached hydrogen (secondary N) is 1. The Bertz CT molecular complexity index is 1110. The number of carbonyl (C=O) groups excluding carboxylic acids is 1. The van der Waals surface area contributed by atoms with Gasteiger partial charge in [-0.05, 0) is 103 Å². The minimum Gasteiger partial charge on any atom is -0.445 e. The zero-order valence-electron chi connectivity index (χ0n) is 19.4. The number of fused-ring (bicyclic) bond motifs is 4. The average Bonchev–Trinajstić information content (AvgIpc) is 3.61. The third kappa shape index (κ3) is 4.60.